The third-order valence-corrected chi connectivity index (χ3v) is 5.07. The number of alkyl halides is 3. The average molecular weight is 448 g/mol. The van der Waals surface area contributed by atoms with Gasteiger partial charge in [-0.25, -0.2) is 10.9 Å². The van der Waals surface area contributed by atoms with Crippen LogP contribution in [0.25, 0.3) is 16.6 Å². The molecule has 0 aliphatic carbocycles. The molecule has 3 aromatic carbocycles. The second-order valence-corrected chi connectivity index (χ2v) is 7.14. The third-order valence-electron chi connectivity index (χ3n) is 5.07. The zero-order valence-electron chi connectivity index (χ0n) is 16.9. The highest BCUT2D eigenvalue weighted by Crippen LogP contribution is 2.31. The van der Waals surface area contributed by atoms with Crippen LogP contribution in [-0.4, -0.2) is 10.5 Å². The molecule has 0 spiro atoms. The monoisotopic (exact) mass is 448 g/mol. The fourth-order valence-electron chi connectivity index (χ4n) is 3.43. The van der Waals surface area contributed by atoms with Gasteiger partial charge in [-0.15, -0.1) is 0 Å². The highest BCUT2D eigenvalue weighted by molar-refractivity contribution is 6.06. The fourth-order valence-corrected chi connectivity index (χ4v) is 3.43. The summed E-state index contributed by atoms with van der Waals surface area (Å²) < 4.78 is 40.9. The predicted octanol–water partition coefficient (Wildman–Crippen LogP) is 4.40. The number of aromatic nitrogens is 1. The highest BCUT2D eigenvalue weighted by Gasteiger charge is 2.31. The van der Waals surface area contributed by atoms with Gasteiger partial charge in [-0.3, -0.25) is 14.2 Å². The van der Waals surface area contributed by atoms with Gasteiger partial charge in [0.1, 0.15) is 5.56 Å². The Morgan fingerprint density at radius 2 is 1.67 bits per heavy atom. The molecular formula is C24H15F3N4O2. The SMILES string of the molecule is N#Cc1ccc(N(N)C(=O)c2cc3ccccc3n(-c3cccc(C(F)(F)F)c3)c2=O)cc1. The molecule has 1 heterocycles. The number of halogens is 3. The molecule has 164 valence electrons. The Morgan fingerprint density at radius 3 is 2.33 bits per heavy atom. The van der Waals surface area contributed by atoms with Crippen molar-refractivity contribution < 1.29 is 18.0 Å². The zero-order valence-corrected chi connectivity index (χ0v) is 16.9. The number of hydrogen-bond donors (Lipinski definition) is 1. The Bertz CT molecular complexity index is 1470. The van der Waals surface area contributed by atoms with Gasteiger partial charge in [0, 0.05) is 5.69 Å². The molecule has 4 aromatic rings. The van der Waals surface area contributed by atoms with Gasteiger partial charge in [0.25, 0.3) is 11.5 Å². The number of pyridine rings is 1. The Morgan fingerprint density at radius 1 is 0.970 bits per heavy atom. The van der Waals surface area contributed by atoms with Crippen LogP contribution in [0.4, 0.5) is 18.9 Å². The molecule has 0 atom stereocenters. The normalized spacial score (nSPS) is 11.2. The van der Waals surface area contributed by atoms with Gasteiger partial charge in [0.2, 0.25) is 0 Å². The van der Waals surface area contributed by atoms with Gasteiger partial charge < -0.3 is 0 Å². The van der Waals surface area contributed by atoms with E-state index in [1.165, 1.54) is 42.5 Å². The summed E-state index contributed by atoms with van der Waals surface area (Å²) in [5, 5.41) is 10.1. The summed E-state index contributed by atoms with van der Waals surface area (Å²) in [6, 6.07) is 20.0. The van der Waals surface area contributed by atoms with E-state index in [2.05, 4.69) is 0 Å². The van der Waals surface area contributed by atoms with Crippen LogP contribution in [0.15, 0.2) is 83.7 Å². The highest BCUT2D eigenvalue weighted by atomic mass is 19.4. The first kappa shape index (κ1) is 21.8. The number of hydrogen-bond acceptors (Lipinski definition) is 4. The number of nitriles is 1. The molecule has 6 nitrogen and oxygen atoms in total. The van der Waals surface area contributed by atoms with Gasteiger partial charge in [-0.2, -0.15) is 18.4 Å². The van der Waals surface area contributed by atoms with Crippen LogP contribution in [0, 0.1) is 11.3 Å². The first-order valence-electron chi connectivity index (χ1n) is 9.62. The lowest BCUT2D eigenvalue weighted by molar-refractivity contribution is -0.137. The topological polar surface area (TPSA) is 92.1 Å². The number of nitrogens with two attached hydrogens (primary N) is 1. The number of carbonyl (C=O) groups is 1. The molecule has 0 unspecified atom stereocenters. The van der Waals surface area contributed by atoms with Crippen molar-refractivity contribution in [1.82, 2.24) is 4.57 Å². The van der Waals surface area contributed by atoms with Crippen molar-refractivity contribution >= 4 is 22.5 Å². The Labute approximate surface area is 185 Å². The smallest absolute Gasteiger partial charge is 0.276 e. The number of benzene rings is 3. The number of amides is 1. The number of para-hydroxylation sites is 1. The second-order valence-electron chi connectivity index (χ2n) is 7.14. The van der Waals surface area contributed by atoms with Crippen LogP contribution >= 0.6 is 0 Å². The molecule has 0 bridgehead atoms. The maximum atomic E-state index is 13.4. The predicted molar refractivity (Wildman–Crippen MR) is 117 cm³/mol. The van der Waals surface area contributed by atoms with Gasteiger partial charge in [-0.1, -0.05) is 24.3 Å². The minimum atomic E-state index is -4.60. The van der Waals surface area contributed by atoms with Crippen LogP contribution in [0.5, 0.6) is 0 Å². The summed E-state index contributed by atoms with van der Waals surface area (Å²) in [6.07, 6.45) is -4.60. The minimum absolute atomic E-state index is 0.0392. The van der Waals surface area contributed by atoms with Crippen LogP contribution in [0.3, 0.4) is 0 Å². The number of fused-ring (bicyclic) bond motifs is 1. The van der Waals surface area contributed by atoms with E-state index in [0.717, 1.165) is 21.7 Å². The number of anilines is 1. The van der Waals surface area contributed by atoms with Gasteiger partial charge in [0.15, 0.2) is 0 Å². The van der Waals surface area contributed by atoms with Crippen LogP contribution in [0.2, 0.25) is 0 Å². The van der Waals surface area contributed by atoms with E-state index in [-0.39, 0.29) is 16.9 Å². The first-order valence-corrected chi connectivity index (χ1v) is 9.62. The van der Waals surface area contributed by atoms with Crippen molar-refractivity contribution in [2.45, 2.75) is 6.18 Å². The number of carbonyl (C=O) groups excluding carboxylic acids is 1. The summed E-state index contributed by atoms with van der Waals surface area (Å²) in [6.45, 7) is 0. The molecular weight excluding hydrogens is 433 g/mol. The van der Waals surface area contributed by atoms with Crippen molar-refractivity contribution in [3.8, 4) is 11.8 Å². The van der Waals surface area contributed by atoms with E-state index < -0.39 is 23.2 Å². The molecule has 0 aliphatic rings. The van der Waals surface area contributed by atoms with Crippen LogP contribution in [0.1, 0.15) is 21.5 Å². The van der Waals surface area contributed by atoms with Crippen molar-refractivity contribution in [3.63, 3.8) is 0 Å². The molecule has 0 radical (unpaired) electrons. The largest absolute Gasteiger partial charge is 0.416 e. The first-order chi connectivity index (χ1) is 15.7. The van der Waals surface area contributed by atoms with E-state index in [4.69, 9.17) is 11.1 Å². The molecule has 4 rings (SSSR count). The Kier molecular flexibility index (Phi) is 5.45. The van der Waals surface area contributed by atoms with E-state index >= 15 is 0 Å². The molecule has 0 saturated carbocycles. The standard InChI is InChI=1S/C24H15F3N4O2/c25-24(26,27)17-5-3-6-19(13-17)30-21-7-2-1-4-16(21)12-20(22(30)32)23(33)31(29)18-10-8-15(14-28)9-11-18/h1-13H,29H2. The van der Waals surface area contributed by atoms with E-state index in [0.29, 0.717) is 16.5 Å². The van der Waals surface area contributed by atoms with E-state index in [1.54, 1.807) is 24.3 Å². The molecule has 1 amide bonds. The Balaban J connectivity index is 1.90. The maximum Gasteiger partial charge on any atom is 0.416 e. The molecule has 0 fully saturated rings. The summed E-state index contributed by atoms with van der Waals surface area (Å²) in [7, 11) is 0. The lowest BCUT2D eigenvalue weighted by atomic mass is 10.1. The summed E-state index contributed by atoms with van der Waals surface area (Å²) >= 11 is 0. The third kappa shape index (κ3) is 4.07. The molecule has 33 heavy (non-hydrogen) atoms. The second kappa shape index (κ2) is 8.26. The minimum Gasteiger partial charge on any atom is -0.276 e. The van der Waals surface area contributed by atoms with Crippen molar-refractivity contribution in [3.05, 3.63) is 106 Å². The quantitative estimate of drug-likeness (QED) is 0.286. The summed E-state index contributed by atoms with van der Waals surface area (Å²) in [5.74, 6) is 5.10. The summed E-state index contributed by atoms with van der Waals surface area (Å²) in [4.78, 5) is 26.5. The molecule has 1 aromatic heterocycles. The van der Waals surface area contributed by atoms with Crippen molar-refractivity contribution in [1.29, 1.82) is 5.26 Å². The summed E-state index contributed by atoms with van der Waals surface area (Å²) in [5.41, 5.74) is -1.18. The van der Waals surface area contributed by atoms with Gasteiger partial charge in [-0.05, 0) is 60.0 Å². The van der Waals surface area contributed by atoms with Gasteiger partial charge >= 0.3 is 6.18 Å². The average Bonchev–Trinajstić information content (AvgIpc) is 2.82. The van der Waals surface area contributed by atoms with Crippen molar-refractivity contribution in [2.75, 3.05) is 5.01 Å². The van der Waals surface area contributed by atoms with Crippen molar-refractivity contribution in [2.24, 2.45) is 5.84 Å². The molecule has 9 heteroatoms. The number of rotatable bonds is 3. The zero-order chi connectivity index (χ0) is 23.8. The molecule has 0 aliphatic heterocycles. The lowest BCUT2D eigenvalue weighted by Crippen LogP contribution is -2.41. The lowest BCUT2D eigenvalue weighted by Gasteiger charge is -2.19. The van der Waals surface area contributed by atoms with E-state index in [9.17, 15) is 22.8 Å². The number of nitrogens with zero attached hydrogens (tertiary/aromatic N) is 3. The fraction of sp³-hybridized carbons (Fsp3) is 0.0417. The van der Waals surface area contributed by atoms with Crippen LogP contribution < -0.4 is 16.4 Å². The Hall–Kier alpha value is -4.42. The maximum absolute atomic E-state index is 13.4. The molecule has 0 saturated heterocycles. The molecule has 2 N–H and O–H groups in total. The van der Waals surface area contributed by atoms with E-state index in [1.807, 2.05) is 6.07 Å². The van der Waals surface area contributed by atoms with Crippen LogP contribution in [-0.2, 0) is 6.18 Å². The van der Waals surface area contributed by atoms with Gasteiger partial charge in [0.05, 0.1) is 28.4 Å². The number of hydrazine groups is 1.